The van der Waals surface area contributed by atoms with Crippen LogP contribution in [0.15, 0.2) is 0 Å². The van der Waals surface area contributed by atoms with Gasteiger partial charge in [0.05, 0.1) is 0 Å². The third-order valence-corrected chi connectivity index (χ3v) is 3.44. The van der Waals surface area contributed by atoms with E-state index in [0.717, 1.165) is 0 Å². The number of nitrogens with zero attached hydrogens (tertiary/aromatic N) is 2. The first-order chi connectivity index (χ1) is 5.84. The van der Waals surface area contributed by atoms with E-state index in [0.29, 0.717) is 17.6 Å². The molecule has 1 fully saturated rings. The first-order valence-electron chi connectivity index (χ1n) is 5.31. The summed E-state index contributed by atoms with van der Waals surface area (Å²) in [5, 5.41) is 0. The predicted octanol–water partition coefficient (Wildman–Crippen LogP) is 1.81. The van der Waals surface area contributed by atoms with Crippen LogP contribution in [-0.4, -0.2) is 47.6 Å². The molecule has 0 aliphatic carbocycles. The molecule has 0 bridgehead atoms. The van der Waals surface area contributed by atoms with E-state index < -0.39 is 0 Å². The van der Waals surface area contributed by atoms with Gasteiger partial charge in [0.15, 0.2) is 0 Å². The van der Waals surface area contributed by atoms with Gasteiger partial charge in [-0.3, -0.25) is 4.90 Å². The molecule has 1 aliphatic rings. The van der Waals surface area contributed by atoms with Crippen molar-refractivity contribution in [2.75, 3.05) is 20.1 Å². The fourth-order valence-electron chi connectivity index (χ4n) is 2.25. The van der Waals surface area contributed by atoms with Gasteiger partial charge < -0.3 is 4.90 Å². The first-order valence-corrected chi connectivity index (χ1v) is 5.31. The Bertz CT molecular complexity index is 171. The van der Waals surface area contributed by atoms with E-state index in [1.54, 1.807) is 0 Å². The highest BCUT2D eigenvalue weighted by Crippen LogP contribution is 2.23. The van der Waals surface area contributed by atoms with Crippen molar-refractivity contribution < 1.29 is 0 Å². The largest absolute Gasteiger partial charge is 0.301 e. The van der Waals surface area contributed by atoms with E-state index in [2.05, 4.69) is 51.5 Å². The smallest absolute Gasteiger partial charge is 0.0226 e. The van der Waals surface area contributed by atoms with Crippen LogP contribution in [0.1, 0.15) is 34.6 Å². The predicted molar refractivity (Wildman–Crippen MR) is 58.0 cm³/mol. The summed E-state index contributed by atoms with van der Waals surface area (Å²) in [5.74, 6) is 0. The number of likely N-dealkylation sites (N-methyl/N-ethyl adjacent to an activating group) is 1. The van der Waals surface area contributed by atoms with Gasteiger partial charge in [0, 0.05) is 30.7 Å². The number of hydrogen-bond donors (Lipinski definition) is 0. The van der Waals surface area contributed by atoms with Crippen molar-refractivity contribution in [2.24, 2.45) is 0 Å². The van der Waals surface area contributed by atoms with E-state index in [4.69, 9.17) is 0 Å². The maximum absolute atomic E-state index is 2.61. The molecule has 0 aromatic carbocycles. The molecule has 0 radical (unpaired) electrons. The van der Waals surface area contributed by atoms with Gasteiger partial charge in [-0.1, -0.05) is 0 Å². The minimum absolute atomic E-state index is 0.314. The molecule has 0 saturated carbocycles. The Hall–Kier alpha value is -0.0800. The molecule has 1 saturated heterocycles. The number of piperazine rings is 1. The second-order valence-electron chi connectivity index (χ2n) is 5.33. The van der Waals surface area contributed by atoms with E-state index in [-0.39, 0.29) is 0 Å². The topological polar surface area (TPSA) is 6.48 Å². The van der Waals surface area contributed by atoms with Crippen molar-refractivity contribution in [3.05, 3.63) is 0 Å². The van der Waals surface area contributed by atoms with Gasteiger partial charge >= 0.3 is 0 Å². The average molecular weight is 184 g/mol. The lowest BCUT2D eigenvalue weighted by atomic mass is 9.97. The Balaban J connectivity index is 2.70. The zero-order valence-electron chi connectivity index (χ0n) is 9.96. The summed E-state index contributed by atoms with van der Waals surface area (Å²) in [5.41, 5.74) is 0.314. The fraction of sp³-hybridized carbons (Fsp3) is 1.00. The average Bonchev–Trinajstić information content (AvgIpc) is 1.98. The molecule has 2 nitrogen and oxygen atoms in total. The van der Waals surface area contributed by atoms with Crippen LogP contribution in [0.4, 0.5) is 0 Å². The molecule has 0 aromatic heterocycles. The summed E-state index contributed by atoms with van der Waals surface area (Å²) in [6.45, 7) is 14.0. The SMILES string of the molecule is C[C@H]1[C@H](C)N(C(C)(C)C)CCN1C. The molecule has 2 atom stereocenters. The Morgan fingerprint density at radius 2 is 1.54 bits per heavy atom. The lowest BCUT2D eigenvalue weighted by Gasteiger charge is -2.49. The van der Waals surface area contributed by atoms with Crippen molar-refractivity contribution >= 4 is 0 Å². The van der Waals surface area contributed by atoms with Gasteiger partial charge in [0.25, 0.3) is 0 Å². The lowest BCUT2D eigenvalue weighted by Crippen LogP contribution is -2.61. The summed E-state index contributed by atoms with van der Waals surface area (Å²) in [6, 6.07) is 1.34. The standard InChI is InChI=1S/C11H24N2/c1-9-10(2)13(11(3,4)5)8-7-12(9)6/h9-10H,7-8H2,1-6H3/t9-,10-/m0/s1. The second kappa shape index (κ2) is 3.58. The molecule has 1 heterocycles. The molecular formula is C11H24N2. The van der Waals surface area contributed by atoms with Crippen molar-refractivity contribution in [3.63, 3.8) is 0 Å². The second-order valence-corrected chi connectivity index (χ2v) is 5.33. The van der Waals surface area contributed by atoms with Gasteiger partial charge in [-0.15, -0.1) is 0 Å². The fourth-order valence-corrected chi connectivity index (χ4v) is 2.25. The van der Waals surface area contributed by atoms with Gasteiger partial charge in [-0.25, -0.2) is 0 Å². The molecule has 0 unspecified atom stereocenters. The highest BCUT2D eigenvalue weighted by atomic mass is 15.3. The van der Waals surface area contributed by atoms with Crippen molar-refractivity contribution in [3.8, 4) is 0 Å². The van der Waals surface area contributed by atoms with Gasteiger partial charge in [0.2, 0.25) is 0 Å². The monoisotopic (exact) mass is 184 g/mol. The van der Waals surface area contributed by atoms with E-state index in [1.807, 2.05) is 0 Å². The third-order valence-electron chi connectivity index (χ3n) is 3.44. The summed E-state index contributed by atoms with van der Waals surface area (Å²) in [4.78, 5) is 5.06. The van der Waals surface area contributed by atoms with Crippen LogP contribution in [0.2, 0.25) is 0 Å². The van der Waals surface area contributed by atoms with Crippen molar-refractivity contribution in [1.29, 1.82) is 0 Å². The van der Waals surface area contributed by atoms with E-state index in [9.17, 15) is 0 Å². The maximum Gasteiger partial charge on any atom is 0.0226 e. The molecule has 1 aliphatic heterocycles. The zero-order valence-corrected chi connectivity index (χ0v) is 9.96. The quantitative estimate of drug-likeness (QED) is 0.566. The molecular weight excluding hydrogens is 160 g/mol. The maximum atomic E-state index is 2.61. The van der Waals surface area contributed by atoms with Crippen LogP contribution in [-0.2, 0) is 0 Å². The normalized spacial score (nSPS) is 33.7. The van der Waals surface area contributed by atoms with E-state index in [1.165, 1.54) is 13.1 Å². The summed E-state index contributed by atoms with van der Waals surface area (Å²) in [7, 11) is 2.22. The number of rotatable bonds is 0. The van der Waals surface area contributed by atoms with Crippen LogP contribution < -0.4 is 0 Å². The Labute approximate surface area is 82.9 Å². The molecule has 0 amide bonds. The van der Waals surface area contributed by atoms with Crippen LogP contribution in [0.5, 0.6) is 0 Å². The lowest BCUT2D eigenvalue weighted by molar-refractivity contribution is -0.00568. The molecule has 0 aromatic rings. The van der Waals surface area contributed by atoms with Crippen LogP contribution in [0.3, 0.4) is 0 Å². The molecule has 2 heteroatoms. The third kappa shape index (κ3) is 2.23. The minimum atomic E-state index is 0.314. The van der Waals surface area contributed by atoms with Crippen LogP contribution >= 0.6 is 0 Å². The Morgan fingerprint density at radius 3 is 2.00 bits per heavy atom. The van der Waals surface area contributed by atoms with E-state index >= 15 is 0 Å². The van der Waals surface area contributed by atoms with Crippen LogP contribution in [0.25, 0.3) is 0 Å². The summed E-state index contributed by atoms with van der Waals surface area (Å²) < 4.78 is 0. The molecule has 0 N–H and O–H groups in total. The molecule has 1 rings (SSSR count). The van der Waals surface area contributed by atoms with Crippen molar-refractivity contribution in [1.82, 2.24) is 9.80 Å². The van der Waals surface area contributed by atoms with Crippen LogP contribution in [0, 0.1) is 0 Å². The first kappa shape index (κ1) is 11.0. The molecule has 78 valence electrons. The summed E-state index contributed by atoms with van der Waals surface area (Å²) in [6.07, 6.45) is 0. The van der Waals surface area contributed by atoms with Gasteiger partial charge in [-0.05, 0) is 41.7 Å². The highest BCUT2D eigenvalue weighted by Gasteiger charge is 2.34. The van der Waals surface area contributed by atoms with Crippen molar-refractivity contribution in [2.45, 2.75) is 52.2 Å². The van der Waals surface area contributed by atoms with Gasteiger partial charge in [0.1, 0.15) is 0 Å². The Morgan fingerprint density at radius 1 is 1.00 bits per heavy atom. The highest BCUT2D eigenvalue weighted by molar-refractivity contribution is 4.90. The molecule has 13 heavy (non-hydrogen) atoms. The number of hydrogen-bond acceptors (Lipinski definition) is 2. The van der Waals surface area contributed by atoms with Gasteiger partial charge in [-0.2, -0.15) is 0 Å². The Kier molecular flexibility index (Phi) is 3.03. The molecule has 0 spiro atoms. The summed E-state index contributed by atoms with van der Waals surface area (Å²) >= 11 is 0. The minimum Gasteiger partial charge on any atom is -0.301 e. The zero-order chi connectivity index (χ0) is 10.2.